The predicted octanol–water partition coefficient (Wildman–Crippen LogP) is 4.75. The molecule has 2 aromatic carbocycles. The highest BCUT2D eigenvalue weighted by molar-refractivity contribution is 6.04. The van der Waals surface area contributed by atoms with Crippen LogP contribution in [0.15, 0.2) is 53.7 Å². The van der Waals surface area contributed by atoms with Crippen LogP contribution < -0.4 is 14.2 Å². The van der Waals surface area contributed by atoms with Crippen LogP contribution in [0.1, 0.15) is 40.9 Å². The molecule has 1 saturated carbocycles. The first kappa shape index (κ1) is 22.1. The van der Waals surface area contributed by atoms with Gasteiger partial charge in [-0.25, -0.2) is 0 Å². The van der Waals surface area contributed by atoms with Crippen molar-refractivity contribution in [2.24, 2.45) is 11.1 Å². The van der Waals surface area contributed by atoms with Crippen molar-refractivity contribution in [1.82, 2.24) is 10.2 Å². The molecule has 0 spiro atoms. The van der Waals surface area contributed by atoms with Gasteiger partial charge in [0.15, 0.2) is 11.5 Å². The zero-order valence-corrected chi connectivity index (χ0v) is 19.9. The van der Waals surface area contributed by atoms with Gasteiger partial charge in [0, 0.05) is 34.6 Å². The molecule has 0 saturated heterocycles. The summed E-state index contributed by atoms with van der Waals surface area (Å²) in [5, 5.41) is 12.3. The van der Waals surface area contributed by atoms with E-state index in [-0.39, 0.29) is 0 Å². The second-order valence-electron chi connectivity index (χ2n) is 8.63. The molecule has 3 aromatic rings. The van der Waals surface area contributed by atoms with Gasteiger partial charge in [0.25, 0.3) is 0 Å². The molecular formula is C27H29N3O4. The fraction of sp³-hybridized carbons (Fsp3) is 0.333. The molecule has 1 aromatic heterocycles. The van der Waals surface area contributed by atoms with E-state index in [4.69, 9.17) is 19.0 Å². The first-order valence-electron chi connectivity index (χ1n) is 11.4. The summed E-state index contributed by atoms with van der Waals surface area (Å²) in [4.78, 5) is 5.15. The number of ether oxygens (including phenoxy) is 3. The van der Waals surface area contributed by atoms with Crippen LogP contribution in [0.2, 0.25) is 0 Å². The number of fused-ring (bicyclic) bond motifs is 1. The van der Waals surface area contributed by atoms with Crippen LogP contribution in [0.4, 0.5) is 0 Å². The number of H-pyrrole nitrogens is 1. The van der Waals surface area contributed by atoms with Gasteiger partial charge in [-0.15, -0.1) is 0 Å². The molecule has 176 valence electrons. The molecule has 1 heterocycles. The summed E-state index contributed by atoms with van der Waals surface area (Å²) in [6.45, 7) is 0. The molecule has 0 aliphatic heterocycles. The van der Waals surface area contributed by atoms with Gasteiger partial charge in [-0.2, -0.15) is 5.10 Å². The van der Waals surface area contributed by atoms with E-state index in [9.17, 15) is 0 Å². The van der Waals surface area contributed by atoms with E-state index in [1.54, 1.807) is 28.4 Å². The maximum absolute atomic E-state index is 5.91. The maximum Gasteiger partial charge on any atom is 0.203 e. The average Bonchev–Trinajstić information content (AvgIpc) is 3.65. The number of benzene rings is 2. The first-order valence-corrected chi connectivity index (χ1v) is 11.4. The van der Waals surface area contributed by atoms with E-state index in [2.05, 4.69) is 57.8 Å². The van der Waals surface area contributed by atoms with Crippen LogP contribution >= 0.6 is 0 Å². The molecule has 1 unspecified atom stereocenters. The molecule has 5 rings (SSSR count). The fourth-order valence-electron chi connectivity index (χ4n) is 4.95. The van der Waals surface area contributed by atoms with Crippen LogP contribution in [-0.4, -0.2) is 44.3 Å². The minimum atomic E-state index is -0.499. The largest absolute Gasteiger partial charge is 0.493 e. The zero-order valence-electron chi connectivity index (χ0n) is 19.9. The molecule has 2 aliphatic carbocycles. The van der Waals surface area contributed by atoms with Gasteiger partial charge in [0.1, 0.15) is 18.5 Å². The van der Waals surface area contributed by atoms with Crippen molar-refractivity contribution in [2.45, 2.75) is 24.7 Å². The number of hydrogen-bond donors (Lipinski definition) is 1. The number of aromatic nitrogens is 2. The second kappa shape index (κ2) is 8.89. The van der Waals surface area contributed by atoms with Crippen molar-refractivity contribution in [2.75, 3.05) is 28.4 Å². The number of allylic oxidation sites excluding steroid dienone is 1. The van der Waals surface area contributed by atoms with Gasteiger partial charge in [-0.1, -0.05) is 53.7 Å². The number of nitrogens with one attached hydrogen (secondary N) is 1. The third kappa shape index (κ3) is 3.52. The molecule has 1 N–H and O–H groups in total. The van der Waals surface area contributed by atoms with Crippen LogP contribution in [0, 0.1) is 5.92 Å². The lowest BCUT2D eigenvalue weighted by molar-refractivity contribution is 0.212. The minimum Gasteiger partial charge on any atom is -0.493 e. The Balaban J connectivity index is 1.69. The number of nitrogens with zero attached hydrogens (tertiary/aromatic N) is 2. The Labute approximate surface area is 199 Å². The van der Waals surface area contributed by atoms with Gasteiger partial charge in [-0.05, 0) is 24.5 Å². The summed E-state index contributed by atoms with van der Waals surface area (Å²) in [6, 6.07) is 14.4. The summed E-state index contributed by atoms with van der Waals surface area (Å²) in [7, 11) is 6.50. The van der Waals surface area contributed by atoms with Gasteiger partial charge in [0.2, 0.25) is 5.75 Å². The van der Waals surface area contributed by atoms with E-state index in [1.165, 1.54) is 0 Å². The molecule has 7 heteroatoms. The molecule has 1 fully saturated rings. The Hall–Kier alpha value is -3.74. The predicted molar refractivity (Wildman–Crippen MR) is 131 cm³/mol. The van der Waals surface area contributed by atoms with Crippen LogP contribution in [0.3, 0.4) is 0 Å². The normalized spacial score (nSPS) is 19.5. The lowest BCUT2D eigenvalue weighted by atomic mass is 9.68. The zero-order chi connectivity index (χ0) is 23.7. The molecule has 0 bridgehead atoms. The summed E-state index contributed by atoms with van der Waals surface area (Å²) in [5.41, 5.74) is 5.53. The molecule has 1 atom stereocenters. The van der Waals surface area contributed by atoms with Gasteiger partial charge < -0.3 is 19.0 Å². The maximum atomic E-state index is 5.91. The van der Waals surface area contributed by atoms with Gasteiger partial charge in [-0.3, -0.25) is 5.10 Å². The van der Waals surface area contributed by atoms with Gasteiger partial charge in [0.05, 0.1) is 21.3 Å². The van der Waals surface area contributed by atoms with Gasteiger partial charge >= 0.3 is 0 Å². The lowest BCUT2D eigenvalue weighted by Gasteiger charge is -2.36. The second-order valence-corrected chi connectivity index (χ2v) is 8.63. The Kier molecular flexibility index (Phi) is 5.77. The molecule has 34 heavy (non-hydrogen) atoms. The van der Waals surface area contributed by atoms with Crippen molar-refractivity contribution < 1.29 is 19.0 Å². The Morgan fingerprint density at radius 2 is 1.74 bits per heavy atom. The quantitative estimate of drug-likeness (QED) is 0.388. The summed E-state index contributed by atoms with van der Waals surface area (Å²) >= 11 is 0. The highest BCUT2D eigenvalue weighted by atomic mass is 16.6. The van der Waals surface area contributed by atoms with Crippen LogP contribution in [-0.2, 0) is 16.7 Å². The van der Waals surface area contributed by atoms with E-state index >= 15 is 0 Å². The van der Waals surface area contributed by atoms with E-state index in [0.29, 0.717) is 29.6 Å². The molecule has 0 amide bonds. The average molecular weight is 460 g/mol. The SMILES string of the molecule is CO/N=C(/c1n[nH]c2c1C=CC(c1ccccc1)(c1ccc(OC)c(OC)c1OC)C2)C1CC1. The topological polar surface area (TPSA) is 78.0 Å². The highest BCUT2D eigenvalue weighted by Gasteiger charge is 2.41. The molecular weight excluding hydrogens is 430 g/mol. The Bertz CT molecular complexity index is 1240. The number of aromatic amines is 1. The third-order valence-corrected chi connectivity index (χ3v) is 6.74. The first-order chi connectivity index (χ1) is 16.7. The Morgan fingerprint density at radius 3 is 2.38 bits per heavy atom. The summed E-state index contributed by atoms with van der Waals surface area (Å²) < 4.78 is 17.2. The minimum absolute atomic E-state index is 0.410. The smallest absolute Gasteiger partial charge is 0.203 e. The number of hydrogen-bond acceptors (Lipinski definition) is 6. The van der Waals surface area contributed by atoms with Crippen LogP contribution in [0.25, 0.3) is 6.08 Å². The van der Waals surface area contributed by atoms with Crippen LogP contribution in [0.5, 0.6) is 17.2 Å². The summed E-state index contributed by atoms with van der Waals surface area (Å²) in [5.74, 6) is 2.26. The Morgan fingerprint density at radius 1 is 0.971 bits per heavy atom. The lowest BCUT2D eigenvalue weighted by Crippen LogP contribution is -2.31. The van der Waals surface area contributed by atoms with E-state index in [1.807, 2.05) is 12.1 Å². The van der Waals surface area contributed by atoms with Crippen molar-refractivity contribution in [3.63, 3.8) is 0 Å². The monoisotopic (exact) mass is 459 g/mol. The third-order valence-electron chi connectivity index (χ3n) is 6.74. The van der Waals surface area contributed by atoms with E-state index < -0.39 is 5.41 Å². The van der Waals surface area contributed by atoms with Crippen molar-refractivity contribution >= 4 is 11.8 Å². The highest BCUT2D eigenvalue weighted by Crippen LogP contribution is 2.50. The van der Waals surface area contributed by atoms with Crippen molar-refractivity contribution in [1.29, 1.82) is 0 Å². The standard InChI is InChI=1S/C27H29N3O4/c1-31-22-13-12-20(25(32-2)26(22)33-3)27(18-8-6-5-7-9-18)15-14-19-21(16-27)28-29-24(19)23(30-34-4)17-10-11-17/h5-9,12-15,17H,10-11,16H2,1-4H3,(H,28,29)/b30-23+. The number of rotatable bonds is 8. The molecule has 2 aliphatic rings. The summed E-state index contributed by atoms with van der Waals surface area (Å²) in [6.07, 6.45) is 7.29. The fourth-order valence-corrected chi connectivity index (χ4v) is 4.95. The van der Waals surface area contributed by atoms with Crippen molar-refractivity contribution in [3.8, 4) is 17.2 Å². The van der Waals surface area contributed by atoms with Crippen molar-refractivity contribution in [3.05, 3.63) is 76.6 Å². The molecule has 7 nitrogen and oxygen atoms in total. The molecule has 0 radical (unpaired) electrons. The number of oxime groups is 1. The number of methoxy groups -OCH3 is 3. The van der Waals surface area contributed by atoms with E-state index in [0.717, 1.165) is 46.6 Å².